The molecular weight excluding hydrogens is 546 g/mol. The molecule has 2 aromatic heterocycles. The third-order valence-electron chi connectivity index (χ3n) is 9.14. The topological polar surface area (TPSA) is 13.1 Å². The molecule has 0 saturated carbocycles. The lowest BCUT2D eigenvalue weighted by Crippen LogP contribution is -2.17. The lowest BCUT2D eigenvalue weighted by molar-refractivity contribution is 0.918. The Hall–Kier alpha value is -5.80. The number of nitrogens with zero attached hydrogens (tertiary/aromatic N) is 3. The number of hydrogen-bond acceptors (Lipinski definition) is 1. The SMILES string of the molecule is C1=CCCC(N(c2ccc3c(c2)c2ccccc2n3-c2ccccc2)c2ccc3c(c2)c2ccccc2n3-c2ccccc2)=C1. The molecule has 1 aliphatic rings. The van der Waals surface area contributed by atoms with Crippen LogP contribution in [0.5, 0.6) is 0 Å². The highest BCUT2D eigenvalue weighted by atomic mass is 15.2. The van der Waals surface area contributed by atoms with Crippen LogP contribution in [0.4, 0.5) is 11.4 Å². The first-order valence-electron chi connectivity index (χ1n) is 15.7. The van der Waals surface area contributed by atoms with E-state index >= 15 is 0 Å². The van der Waals surface area contributed by atoms with Crippen LogP contribution in [0.2, 0.25) is 0 Å². The van der Waals surface area contributed by atoms with Gasteiger partial charge in [-0.2, -0.15) is 0 Å². The van der Waals surface area contributed by atoms with Gasteiger partial charge in [-0.15, -0.1) is 0 Å². The van der Waals surface area contributed by atoms with Crippen molar-refractivity contribution < 1.29 is 0 Å². The van der Waals surface area contributed by atoms with Gasteiger partial charge in [0.25, 0.3) is 0 Å². The van der Waals surface area contributed by atoms with E-state index in [4.69, 9.17) is 0 Å². The van der Waals surface area contributed by atoms with Crippen molar-refractivity contribution in [1.29, 1.82) is 0 Å². The van der Waals surface area contributed by atoms with Crippen molar-refractivity contribution in [3.8, 4) is 11.4 Å². The number of fused-ring (bicyclic) bond motifs is 6. The molecule has 0 radical (unpaired) electrons. The number of rotatable bonds is 5. The number of benzene rings is 6. The maximum absolute atomic E-state index is 2.46. The smallest absolute Gasteiger partial charge is 0.0542 e. The van der Waals surface area contributed by atoms with Gasteiger partial charge in [0.05, 0.1) is 22.1 Å². The molecule has 0 saturated heterocycles. The number of para-hydroxylation sites is 4. The van der Waals surface area contributed by atoms with E-state index < -0.39 is 0 Å². The van der Waals surface area contributed by atoms with Crippen LogP contribution in [0, 0.1) is 0 Å². The van der Waals surface area contributed by atoms with E-state index in [9.17, 15) is 0 Å². The minimum Gasteiger partial charge on any atom is -0.314 e. The van der Waals surface area contributed by atoms with Crippen LogP contribution in [0.3, 0.4) is 0 Å². The third kappa shape index (κ3) is 4.12. The highest BCUT2D eigenvalue weighted by Crippen LogP contribution is 2.41. The molecule has 0 amide bonds. The Morgan fingerprint density at radius 2 is 0.911 bits per heavy atom. The first-order chi connectivity index (χ1) is 22.3. The van der Waals surface area contributed by atoms with E-state index in [1.807, 2.05) is 0 Å². The second kappa shape index (κ2) is 10.4. The van der Waals surface area contributed by atoms with E-state index in [-0.39, 0.29) is 0 Å². The third-order valence-corrected chi connectivity index (χ3v) is 9.14. The minimum absolute atomic E-state index is 0.990. The van der Waals surface area contributed by atoms with Crippen LogP contribution < -0.4 is 4.90 Å². The fourth-order valence-electron chi connectivity index (χ4n) is 7.17. The molecule has 0 spiro atoms. The first-order valence-corrected chi connectivity index (χ1v) is 15.7. The molecule has 0 bridgehead atoms. The monoisotopic (exact) mass is 577 g/mol. The van der Waals surface area contributed by atoms with E-state index in [0.29, 0.717) is 0 Å². The molecule has 3 heteroatoms. The van der Waals surface area contributed by atoms with Gasteiger partial charge in [-0.3, -0.25) is 0 Å². The minimum atomic E-state index is 0.990. The molecule has 0 aliphatic heterocycles. The molecule has 214 valence electrons. The molecule has 3 nitrogen and oxygen atoms in total. The van der Waals surface area contributed by atoms with Crippen molar-refractivity contribution in [3.05, 3.63) is 170 Å². The fourth-order valence-corrected chi connectivity index (χ4v) is 7.17. The quantitative estimate of drug-likeness (QED) is 0.198. The summed E-state index contributed by atoms with van der Waals surface area (Å²) in [6.45, 7) is 0. The summed E-state index contributed by atoms with van der Waals surface area (Å²) in [5.74, 6) is 0. The summed E-state index contributed by atoms with van der Waals surface area (Å²) in [6, 6.07) is 52.8. The molecule has 0 unspecified atom stereocenters. The highest BCUT2D eigenvalue weighted by molar-refractivity contribution is 6.12. The first kappa shape index (κ1) is 25.7. The van der Waals surface area contributed by atoms with Crippen molar-refractivity contribution in [3.63, 3.8) is 0 Å². The Kier molecular flexibility index (Phi) is 5.95. The number of anilines is 2. The molecule has 1 aliphatic carbocycles. The predicted octanol–water partition coefficient (Wildman–Crippen LogP) is 11.3. The van der Waals surface area contributed by atoms with Gasteiger partial charge >= 0.3 is 0 Å². The Balaban J connectivity index is 1.28. The molecule has 2 heterocycles. The molecule has 45 heavy (non-hydrogen) atoms. The average Bonchev–Trinajstić information content (AvgIpc) is 3.62. The van der Waals surface area contributed by atoms with Crippen molar-refractivity contribution >= 4 is 55.0 Å². The zero-order valence-electron chi connectivity index (χ0n) is 24.8. The summed E-state index contributed by atoms with van der Waals surface area (Å²) in [5.41, 5.74) is 10.9. The average molecular weight is 578 g/mol. The van der Waals surface area contributed by atoms with Gasteiger partial charge in [0.1, 0.15) is 0 Å². The van der Waals surface area contributed by atoms with E-state index in [2.05, 4.69) is 178 Å². The van der Waals surface area contributed by atoms with Crippen molar-refractivity contribution in [1.82, 2.24) is 9.13 Å². The van der Waals surface area contributed by atoms with Crippen LogP contribution in [-0.2, 0) is 0 Å². The lowest BCUT2D eigenvalue weighted by Gasteiger charge is -2.29. The van der Waals surface area contributed by atoms with Crippen molar-refractivity contribution in [2.75, 3.05) is 4.90 Å². The molecule has 9 rings (SSSR count). The van der Waals surface area contributed by atoms with Crippen molar-refractivity contribution in [2.45, 2.75) is 12.8 Å². The second-order valence-corrected chi connectivity index (χ2v) is 11.7. The maximum Gasteiger partial charge on any atom is 0.0542 e. The van der Waals surface area contributed by atoms with Gasteiger partial charge in [0.2, 0.25) is 0 Å². The molecule has 0 fully saturated rings. The molecule has 6 aromatic carbocycles. The van der Waals surface area contributed by atoms with Crippen LogP contribution in [0.25, 0.3) is 55.0 Å². The molecule has 0 atom stereocenters. The zero-order chi connectivity index (χ0) is 29.7. The summed E-state index contributed by atoms with van der Waals surface area (Å²) in [7, 11) is 0. The van der Waals surface area contributed by atoms with Crippen LogP contribution >= 0.6 is 0 Å². The van der Waals surface area contributed by atoms with Gasteiger partial charge in [-0.1, -0.05) is 84.9 Å². The number of allylic oxidation sites excluding steroid dienone is 4. The van der Waals surface area contributed by atoms with E-state index in [0.717, 1.165) is 12.8 Å². The summed E-state index contributed by atoms with van der Waals surface area (Å²) in [5, 5.41) is 5.03. The Morgan fingerprint density at radius 1 is 0.444 bits per heavy atom. The lowest BCUT2D eigenvalue weighted by atomic mass is 10.1. The molecule has 0 N–H and O–H groups in total. The summed E-state index contributed by atoms with van der Waals surface area (Å²) < 4.78 is 4.76. The van der Waals surface area contributed by atoms with Crippen LogP contribution in [0.1, 0.15) is 12.8 Å². The van der Waals surface area contributed by atoms with Gasteiger partial charge in [0, 0.05) is 50.0 Å². The number of aromatic nitrogens is 2. The van der Waals surface area contributed by atoms with Gasteiger partial charge in [0.15, 0.2) is 0 Å². The maximum atomic E-state index is 2.46. The second-order valence-electron chi connectivity index (χ2n) is 11.7. The van der Waals surface area contributed by atoms with Gasteiger partial charge in [-0.25, -0.2) is 0 Å². The standard InChI is InChI=1S/C42H31N3/c1-4-14-30(15-5-1)43(33-24-26-41-37(28-33)35-20-10-12-22-39(35)44(41)31-16-6-2-7-17-31)34-25-27-42-38(29-34)36-21-11-13-23-40(36)45(42)32-18-8-3-9-19-32/h1-4,6-14,16-29H,5,15H2. The van der Waals surface area contributed by atoms with Gasteiger partial charge < -0.3 is 14.0 Å². The summed E-state index contributed by atoms with van der Waals surface area (Å²) in [6.07, 6.45) is 8.76. The molecule has 8 aromatic rings. The van der Waals surface area contributed by atoms with E-state index in [1.54, 1.807) is 0 Å². The molecular formula is C42H31N3. The Morgan fingerprint density at radius 3 is 1.40 bits per heavy atom. The van der Waals surface area contributed by atoms with Crippen LogP contribution in [0.15, 0.2) is 170 Å². The summed E-state index contributed by atoms with van der Waals surface area (Å²) in [4.78, 5) is 2.46. The predicted molar refractivity (Wildman–Crippen MR) is 190 cm³/mol. The Labute approximate surface area is 262 Å². The van der Waals surface area contributed by atoms with Crippen LogP contribution in [-0.4, -0.2) is 9.13 Å². The summed E-state index contributed by atoms with van der Waals surface area (Å²) >= 11 is 0. The van der Waals surface area contributed by atoms with Crippen molar-refractivity contribution in [2.24, 2.45) is 0 Å². The largest absolute Gasteiger partial charge is 0.314 e. The van der Waals surface area contributed by atoms with Gasteiger partial charge in [-0.05, 0) is 91.7 Å². The highest BCUT2D eigenvalue weighted by Gasteiger charge is 2.21. The zero-order valence-corrected chi connectivity index (χ0v) is 24.8. The number of hydrogen-bond donors (Lipinski definition) is 0. The normalized spacial score (nSPS) is 13.2. The van der Waals surface area contributed by atoms with E-state index in [1.165, 1.54) is 72.1 Å². The Bertz CT molecular complexity index is 2270. The fraction of sp³-hybridized carbons (Fsp3) is 0.0476.